The average Bonchev–Trinajstić information content (AvgIpc) is 2.83. The molecule has 164 valence electrons. The number of rotatable bonds is 5. The summed E-state index contributed by atoms with van der Waals surface area (Å²) in [6.07, 6.45) is 5.13. The predicted molar refractivity (Wildman–Crippen MR) is 118 cm³/mol. The molecular formula is C24H24N4O4. The van der Waals surface area contributed by atoms with Gasteiger partial charge < -0.3 is 19.9 Å². The van der Waals surface area contributed by atoms with Gasteiger partial charge in [0.05, 0.1) is 50.8 Å². The van der Waals surface area contributed by atoms with Crippen LogP contribution in [-0.2, 0) is 4.79 Å². The molecule has 2 aromatic rings. The van der Waals surface area contributed by atoms with Crippen LogP contribution in [0.2, 0.25) is 0 Å². The highest BCUT2D eigenvalue weighted by Gasteiger charge is 2.41. The van der Waals surface area contributed by atoms with Crippen LogP contribution in [0.3, 0.4) is 0 Å². The zero-order valence-corrected chi connectivity index (χ0v) is 18.2. The first-order valence-corrected chi connectivity index (χ1v) is 10.2. The Kier molecular flexibility index (Phi) is 5.73. The highest BCUT2D eigenvalue weighted by atomic mass is 16.5. The van der Waals surface area contributed by atoms with Gasteiger partial charge in [0.15, 0.2) is 17.3 Å². The minimum atomic E-state index is -0.635. The monoisotopic (exact) mass is 432 g/mol. The maximum absolute atomic E-state index is 13.2. The molecule has 1 aliphatic carbocycles. The lowest BCUT2D eigenvalue weighted by atomic mass is 9.75. The van der Waals surface area contributed by atoms with Crippen molar-refractivity contribution >= 4 is 11.5 Å². The number of ether oxygens (including phenoxy) is 3. The number of hydrogen-bond acceptors (Lipinski definition) is 8. The predicted octanol–water partition coefficient (Wildman–Crippen LogP) is 3.41. The summed E-state index contributed by atoms with van der Waals surface area (Å²) >= 11 is 0. The molecule has 4 rings (SSSR count). The summed E-state index contributed by atoms with van der Waals surface area (Å²) in [5.41, 5.74) is 9.61. The number of nitrogens with two attached hydrogens (primary N) is 1. The summed E-state index contributed by atoms with van der Waals surface area (Å²) in [5, 5.41) is 10.1. The zero-order valence-electron chi connectivity index (χ0n) is 18.2. The first kappa shape index (κ1) is 21.2. The largest absolute Gasteiger partial charge is 0.493 e. The van der Waals surface area contributed by atoms with Crippen molar-refractivity contribution < 1.29 is 19.0 Å². The van der Waals surface area contributed by atoms with Gasteiger partial charge in [-0.2, -0.15) is 5.26 Å². The van der Waals surface area contributed by atoms with E-state index in [1.165, 1.54) is 21.3 Å². The Labute approximate surface area is 186 Å². The van der Waals surface area contributed by atoms with E-state index in [0.29, 0.717) is 53.3 Å². The minimum absolute atomic E-state index is 0.000794. The molecule has 1 atom stereocenters. The second-order valence-corrected chi connectivity index (χ2v) is 7.49. The summed E-state index contributed by atoms with van der Waals surface area (Å²) < 4.78 is 16.4. The lowest BCUT2D eigenvalue weighted by molar-refractivity contribution is -0.116. The number of anilines is 1. The van der Waals surface area contributed by atoms with Gasteiger partial charge >= 0.3 is 0 Å². The fraction of sp³-hybridized carbons (Fsp3) is 0.292. The third-order valence-corrected chi connectivity index (χ3v) is 5.84. The van der Waals surface area contributed by atoms with Crippen LogP contribution < -0.4 is 24.8 Å². The third kappa shape index (κ3) is 3.32. The van der Waals surface area contributed by atoms with Crippen molar-refractivity contribution in [1.82, 2.24) is 4.98 Å². The number of carbonyl (C=O) groups excluding carboxylic acids is 1. The van der Waals surface area contributed by atoms with E-state index in [9.17, 15) is 10.1 Å². The highest BCUT2D eigenvalue weighted by Crippen LogP contribution is 2.49. The molecule has 1 aromatic heterocycles. The number of Topliss-reactive ketones (excluding diaryl/α,β-unsaturated/α-hetero) is 1. The molecule has 8 nitrogen and oxygen atoms in total. The molecular weight excluding hydrogens is 408 g/mol. The van der Waals surface area contributed by atoms with Crippen molar-refractivity contribution in [3.05, 3.63) is 64.9 Å². The Hall–Kier alpha value is -3.99. The topological polar surface area (TPSA) is 111 Å². The number of nitrogens with zero attached hydrogens (tertiary/aromatic N) is 3. The molecule has 1 aliphatic heterocycles. The Morgan fingerprint density at radius 2 is 1.88 bits per heavy atom. The molecule has 0 saturated carbocycles. The van der Waals surface area contributed by atoms with Crippen LogP contribution in [0.4, 0.5) is 5.69 Å². The normalized spacial score (nSPS) is 18.2. The lowest BCUT2D eigenvalue weighted by Crippen LogP contribution is -2.38. The fourth-order valence-electron chi connectivity index (χ4n) is 4.47. The van der Waals surface area contributed by atoms with Crippen molar-refractivity contribution in [1.29, 1.82) is 5.26 Å². The van der Waals surface area contributed by atoms with E-state index in [4.69, 9.17) is 19.9 Å². The van der Waals surface area contributed by atoms with E-state index in [1.54, 1.807) is 35.5 Å². The molecule has 0 spiro atoms. The van der Waals surface area contributed by atoms with Crippen LogP contribution in [0.5, 0.6) is 17.2 Å². The molecule has 8 heteroatoms. The summed E-state index contributed by atoms with van der Waals surface area (Å²) in [4.78, 5) is 19.2. The zero-order chi connectivity index (χ0) is 22.8. The second-order valence-electron chi connectivity index (χ2n) is 7.49. The molecule has 0 saturated heterocycles. The van der Waals surface area contributed by atoms with Gasteiger partial charge in [-0.3, -0.25) is 14.7 Å². The fourth-order valence-corrected chi connectivity index (χ4v) is 4.47. The molecule has 32 heavy (non-hydrogen) atoms. The molecule has 0 fully saturated rings. The van der Waals surface area contributed by atoms with E-state index in [1.807, 2.05) is 6.07 Å². The van der Waals surface area contributed by atoms with E-state index in [0.717, 1.165) is 5.70 Å². The number of carbonyl (C=O) groups is 1. The quantitative estimate of drug-likeness (QED) is 0.765. The van der Waals surface area contributed by atoms with Gasteiger partial charge in [-0.1, -0.05) is 0 Å². The van der Waals surface area contributed by atoms with E-state index in [-0.39, 0.29) is 17.2 Å². The number of aromatic nitrogens is 1. The number of ketones is 1. The summed E-state index contributed by atoms with van der Waals surface area (Å²) in [6, 6.07) is 9.44. The Balaban J connectivity index is 1.99. The lowest BCUT2D eigenvalue weighted by Gasteiger charge is -2.39. The van der Waals surface area contributed by atoms with Crippen molar-refractivity contribution in [3.63, 3.8) is 0 Å². The van der Waals surface area contributed by atoms with Crippen LogP contribution in [-0.4, -0.2) is 32.1 Å². The number of nitriles is 1. The first-order valence-electron chi connectivity index (χ1n) is 10.2. The maximum Gasteiger partial charge on any atom is 0.203 e. The Morgan fingerprint density at radius 1 is 1.16 bits per heavy atom. The maximum atomic E-state index is 13.2. The van der Waals surface area contributed by atoms with Gasteiger partial charge in [-0.15, -0.1) is 0 Å². The van der Waals surface area contributed by atoms with Gasteiger partial charge in [0.25, 0.3) is 0 Å². The van der Waals surface area contributed by atoms with Crippen LogP contribution in [0.15, 0.2) is 59.3 Å². The summed E-state index contributed by atoms with van der Waals surface area (Å²) in [6.45, 7) is 0. The van der Waals surface area contributed by atoms with Crippen molar-refractivity contribution in [2.75, 3.05) is 26.2 Å². The molecule has 1 unspecified atom stereocenters. The number of benzene rings is 1. The molecule has 1 aromatic carbocycles. The summed E-state index contributed by atoms with van der Waals surface area (Å²) in [5.74, 6) is 0.970. The van der Waals surface area contributed by atoms with Gasteiger partial charge in [0, 0.05) is 23.9 Å². The third-order valence-electron chi connectivity index (χ3n) is 5.84. The smallest absolute Gasteiger partial charge is 0.203 e. The number of methoxy groups -OCH3 is 3. The Bertz CT molecular complexity index is 1140. The van der Waals surface area contributed by atoms with Gasteiger partial charge in [0.1, 0.15) is 5.82 Å². The SMILES string of the molecule is COc1cc(C2C(C#N)=C(N)N(c3cccnc3)C3=C2C(=O)CCC3)cc(OC)c1OC. The van der Waals surface area contributed by atoms with Gasteiger partial charge in [-0.25, -0.2) is 0 Å². The molecule has 0 radical (unpaired) electrons. The van der Waals surface area contributed by atoms with Crippen LogP contribution in [0.25, 0.3) is 0 Å². The van der Waals surface area contributed by atoms with Crippen LogP contribution >= 0.6 is 0 Å². The number of allylic oxidation sites excluding steroid dienone is 3. The molecule has 0 bridgehead atoms. The van der Waals surface area contributed by atoms with Gasteiger partial charge in [0.2, 0.25) is 5.75 Å². The highest BCUT2D eigenvalue weighted by molar-refractivity contribution is 6.01. The standard InChI is InChI=1S/C24H24N4O4/c1-30-19-10-14(11-20(31-2)23(19)32-3)21-16(12-25)24(26)28(15-6-5-9-27-13-15)17-7-4-8-18(29)22(17)21/h5-6,9-11,13,21H,4,7-8,26H2,1-3H3. The number of hydrogen-bond donors (Lipinski definition) is 1. The van der Waals surface area contributed by atoms with Crippen molar-refractivity contribution in [2.24, 2.45) is 5.73 Å². The molecule has 0 amide bonds. The molecule has 2 heterocycles. The molecule has 2 aliphatic rings. The minimum Gasteiger partial charge on any atom is -0.493 e. The van der Waals surface area contributed by atoms with Crippen molar-refractivity contribution in [3.8, 4) is 23.3 Å². The first-order chi connectivity index (χ1) is 15.5. The van der Waals surface area contributed by atoms with Crippen LogP contribution in [0.1, 0.15) is 30.7 Å². The Morgan fingerprint density at radius 3 is 2.44 bits per heavy atom. The second kappa shape index (κ2) is 8.63. The van der Waals surface area contributed by atoms with E-state index < -0.39 is 5.92 Å². The average molecular weight is 432 g/mol. The molecule has 2 N–H and O–H groups in total. The number of pyridine rings is 1. The van der Waals surface area contributed by atoms with Crippen molar-refractivity contribution in [2.45, 2.75) is 25.2 Å². The summed E-state index contributed by atoms with van der Waals surface area (Å²) in [7, 11) is 4.58. The van der Waals surface area contributed by atoms with E-state index >= 15 is 0 Å². The van der Waals surface area contributed by atoms with Gasteiger partial charge in [-0.05, 0) is 42.7 Å². The van der Waals surface area contributed by atoms with Crippen LogP contribution in [0, 0.1) is 11.3 Å². The van der Waals surface area contributed by atoms with E-state index in [2.05, 4.69) is 11.1 Å².